The Morgan fingerprint density at radius 2 is 1.06 bits per heavy atom. The van der Waals surface area contributed by atoms with Crippen LogP contribution in [0.15, 0.2) is 35.7 Å². The van der Waals surface area contributed by atoms with Crippen LogP contribution in [0.25, 0.3) is 0 Å². The summed E-state index contributed by atoms with van der Waals surface area (Å²) in [5.74, 6) is 2.83. The van der Waals surface area contributed by atoms with Gasteiger partial charge >= 0.3 is 0 Å². The second-order valence-corrected chi connectivity index (χ2v) is 39.5. The van der Waals surface area contributed by atoms with Crippen molar-refractivity contribution >= 4 is 11.5 Å². The van der Waals surface area contributed by atoms with Crippen LogP contribution in [0.2, 0.25) is 0 Å². The van der Waals surface area contributed by atoms with Crippen molar-refractivity contribution in [3.8, 4) is 0 Å². The highest BCUT2D eigenvalue weighted by Crippen LogP contribution is 2.50. The van der Waals surface area contributed by atoms with E-state index in [1.54, 1.807) is 11.1 Å². The van der Waals surface area contributed by atoms with E-state index in [9.17, 15) is 0 Å². The quantitative estimate of drug-likeness (QED) is 0.116. The summed E-state index contributed by atoms with van der Waals surface area (Å²) < 4.78 is 13.7. The molecule has 100 heavy (non-hydrogen) atoms. The summed E-state index contributed by atoms with van der Waals surface area (Å²) in [5, 5.41) is 3.47. The van der Waals surface area contributed by atoms with Crippen molar-refractivity contribution < 1.29 is 31.7 Å². The van der Waals surface area contributed by atoms with E-state index < -0.39 is 0 Å². The molecule has 0 aromatic carbocycles. The summed E-state index contributed by atoms with van der Waals surface area (Å²) >= 11 is 0. The number of likely N-dealkylation sites (N-methyl/N-ethyl adjacent to an activating group) is 2. The molecule has 3 unspecified atom stereocenters. The highest BCUT2D eigenvalue weighted by Gasteiger charge is 2.54. The molecule has 14 heterocycles. The molecule has 12 aliphatic rings. The first-order chi connectivity index (χ1) is 46.6. The van der Waals surface area contributed by atoms with Crippen LogP contribution in [-0.4, -0.2) is 247 Å². The zero-order valence-electron chi connectivity index (χ0n) is 72.2. The van der Waals surface area contributed by atoms with E-state index in [2.05, 4.69) is 278 Å². The van der Waals surface area contributed by atoms with E-state index in [-0.39, 0.29) is 0 Å². The number of nitrogens with one attached hydrogen (secondary N) is 1. The van der Waals surface area contributed by atoms with Gasteiger partial charge in [-0.1, -0.05) is 27.7 Å². The number of piperidine rings is 4. The fourth-order valence-corrected chi connectivity index (χ4v) is 20.5. The SMILES string of the molecule is CC(C)C12CC[N+](C(C)C)(CC1)CC2.CC(C)N1CC2(CC[N+](C)(C(C)C)CC2)C1.CC(C)N1CC2=C(C1)C[N+](C)(C(C)C)C2.CC(C)N1CCC2C1CC[N+]2(C)C(C)C.CC(C)N1CCc2c1ccc[n+]2C(C)C.CC(C)[N+]1(C(C)C)CCCC1.CC(C)c1c[n+](C(C)C)n2c1NCC2. The predicted octanol–water partition coefficient (Wildman–Crippen LogP) is 16.0. The first-order valence-electron chi connectivity index (χ1n) is 42.5. The number of hydrogen-bond acceptors (Lipinski definition) is 5. The number of nitrogens with zero attached hydrogens (tertiary/aromatic N) is 12. The minimum absolute atomic E-state index is 0.543. The Morgan fingerprint density at radius 3 is 1.48 bits per heavy atom. The van der Waals surface area contributed by atoms with E-state index in [0.29, 0.717) is 35.5 Å². The number of rotatable bonds is 14. The van der Waals surface area contributed by atoms with E-state index >= 15 is 0 Å². The van der Waals surface area contributed by atoms with Gasteiger partial charge in [-0.2, -0.15) is 4.57 Å². The van der Waals surface area contributed by atoms with Crippen LogP contribution in [-0.2, 0) is 13.0 Å². The molecule has 14 rings (SSSR count). The average Bonchev–Trinajstić information content (AvgIpc) is 1.21. The van der Waals surface area contributed by atoms with E-state index in [1.807, 2.05) is 0 Å². The van der Waals surface area contributed by atoms with Crippen LogP contribution in [0.5, 0.6) is 0 Å². The smallest absolute Gasteiger partial charge is 0.206 e. The molecular formula is C87H170N13+7. The molecule has 13 heteroatoms. The molecule has 0 amide bonds. The van der Waals surface area contributed by atoms with Gasteiger partial charge in [-0.3, -0.25) is 14.7 Å². The maximum absolute atomic E-state index is 3.47. The van der Waals surface area contributed by atoms with Gasteiger partial charge in [-0.25, -0.2) is 0 Å². The minimum atomic E-state index is 0.543. The van der Waals surface area contributed by atoms with Crippen LogP contribution < -0.4 is 19.5 Å². The monoisotopic (exact) mass is 1400 g/mol. The van der Waals surface area contributed by atoms with Crippen LogP contribution in [0, 0.1) is 16.7 Å². The Balaban J connectivity index is 0.000000164. The third kappa shape index (κ3) is 18.7. The molecule has 8 fully saturated rings. The molecule has 2 bridgehead atoms. The largest absolute Gasteiger partial charge is 0.365 e. The number of aromatic nitrogens is 3. The number of quaternary nitrogens is 5. The second-order valence-electron chi connectivity index (χ2n) is 39.5. The van der Waals surface area contributed by atoms with Gasteiger partial charge in [0.2, 0.25) is 11.9 Å². The first-order valence-corrected chi connectivity index (χ1v) is 42.5. The normalized spacial score (nSPS) is 27.6. The molecule has 0 saturated carbocycles. The number of likely N-dealkylation sites (tertiary alicyclic amines) is 5. The minimum Gasteiger partial charge on any atom is -0.365 e. The van der Waals surface area contributed by atoms with E-state index in [1.165, 1.54) is 214 Å². The molecule has 0 aliphatic carbocycles. The van der Waals surface area contributed by atoms with Crippen LogP contribution in [0.4, 0.5) is 11.5 Å². The lowest BCUT2D eigenvalue weighted by atomic mass is 9.64. The standard InChI is InChI=1S/C14H29N2.C13H25N2.C13H27N2.C13H21N2.C13H26N.C11H19N3.C10H22N/c1-12(2)15-10-14(11-15)6-8-16(5,9-7-14)13(3)4;1-10(2)14-6-12-8-15(5,11(3)4)9-13(12)7-14;1-10(2)14-8-6-13-12(14)7-9-15(13,5)11(3)4;1-10(2)14-8-5-6-12-13(14)7-9-15(12)11(3)4;1-11(2)13-5-8-14(9-6-13,10-7-13)12(3)4;1-8(2)10-7-14(9(3)4)13-6-5-12-11(10)13;1-9(2)11(10(3)4)7-5-6-8-11/h12-13H,6-11H2,1-5H3;10-11H,6-9H2,1-5H3;10-13H,6-9H2,1-5H3;5-6,8,10-11H,7,9H2,1-4H3;11-12H,5-10H2,1-4H3;7-9H,5-6H2,1-4H3;9-10H,5-8H2,1-4H3/q5*+1;;+1/p+1. The summed E-state index contributed by atoms with van der Waals surface area (Å²) in [6.45, 7) is 89.1. The number of fused-ring (bicyclic) bond motifs is 6. The van der Waals surface area contributed by atoms with Gasteiger partial charge < -0.3 is 32.6 Å². The number of hydrogen-bond donors (Lipinski definition) is 1. The van der Waals surface area contributed by atoms with E-state index in [4.69, 9.17) is 0 Å². The molecular weight excluding hydrogens is 1230 g/mol. The Kier molecular flexibility index (Phi) is 29.2. The van der Waals surface area contributed by atoms with Gasteiger partial charge in [0.25, 0.3) is 0 Å². The zero-order chi connectivity index (χ0) is 74.6. The average molecular weight is 1400 g/mol. The zero-order valence-corrected chi connectivity index (χ0v) is 72.2. The topological polar surface area (TPSA) is 37.7 Å². The van der Waals surface area contributed by atoms with Gasteiger partial charge in [-0.15, -0.1) is 9.36 Å². The summed E-state index contributed by atoms with van der Waals surface area (Å²) in [5.41, 5.74) is 9.28. The lowest BCUT2D eigenvalue weighted by Crippen LogP contribution is -2.66. The van der Waals surface area contributed by atoms with Crippen molar-refractivity contribution in [3.05, 3.63) is 46.9 Å². The third-order valence-corrected chi connectivity index (χ3v) is 29.8. The lowest BCUT2D eigenvalue weighted by molar-refractivity contribution is -0.964. The Bertz CT molecular complexity index is 2750. The maximum Gasteiger partial charge on any atom is 0.206 e. The molecule has 2 aromatic heterocycles. The maximum atomic E-state index is 3.47. The van der Waals surface area contributed by atoms with Crippen molar-refractivity contribution in [2.24, 2.45) is 16.7 Å². The molecule has 576 valence electrons. The van der Waals surface area contributed by atoms with Gasteiger partial charge in [-0.05, 0) is 189 Å². The Labute approximate surface area is 620 Å². The highest BCUT2D eigenvalue weighted by atomic mass is 15.5. The van der Waals surface area contributed by atoms with Gasteiger partial charge in [0.15, 0.2) is 24.1 Å². The van der Waals surface area contributed by atoms with Gasteiger partial charge in [0.1, 0.15) is 24.8 Å². The molecule has 8 saturated heterocycles. The molecule has 1 N–H and O–H groups in total. The summed E-state index contributed by atoms with van der Waals surface area (Å²) in [6, 6.07) is 14.9. The fourth-order valence-electron chi connectivity index (χ4n) is 20.5. The van der Waals surface area contributed by atoms with Crippen molar-refractivity contribution in [2.45, 2.75) is 355 Å². The molecule has 1 spiro atoms. The van der Waals surface area contributed by atoms with Gasteiger partial charge in [0.05, 0.1) is 134 Å². The predicted molar refractivity (Wildman–Crippen MR) is 430 cm³/mol. The van der Waals surface area contributed by atoms with Crippen molar-refractivity contribution in [1.29, 1.82) is 0 Å². The molecule has 13 nitrogen and oxygen atoms in total. The summed E-state index contributed by atoms with van der Waals surface area (Å²) in [4.78, 5) is 10.4. The highest BCUT2D eigenvalue weighted by molar-refractivity contribution is 5.53. The van der Waals surface area contributed by atoms with Crippen molar-refractivity contribution in [2.75, 3.05) is 143 Å². The molecule has 12 aliphatic heterocycles. The Morgan fingerprint density at radius 1 is 0.520 bits per heavy atom. The molecule has 3 atom stereocenters. The third-order valence-electron chi connectivity index (χ3n) is 29.8. The number of pyridine rings is 1. The molecule has 0 radical (unpaired) electrons. The van der Waals surface area contributed by atoms with Gasteiger partial charge in [0, 0.05) is 150 Å². The van der Waals surface area contributed by atoms with Crippen molar-refractivity contribution in [3.63, 3.8) is 0 Å². The second kappa shape index (κ2) is 34.5. The summed E-state index contributed by atoms with van der Waals surface area (Å²) in [7, 11) is 7.32. The summed E-state index contributed by atoms with van der Waals surface area (Å²) in [6.07, 6.45) is 18.8. The lowest BCUT2D eigenvalue weighted by Gasteiger charge is -2.58. The Hall–Kier alpha value is -2.62. The number of anilines is 2. The van der Waals surface area contributed by atoms with Crippen LogP contribution in [0.3, 0.4) is 0 Å². The first kappa shape index (κ1) is 84.6. The molecule has 2 aromatic rings. The van der Waals surface area contributed by atoms with Crippen LogP contribution in [0.1, 0.15) is 281 Å². The van der Waals surface area contributed by atoms with Crippen molar-refractivity contribution in [1.82, 2.24) is 19.4 Å². The van der Waals surface area contributed by atoms with Crippen LogP contribution >= 0.6 is 0 Å². The van der Waals surface area contributed by atoms with E-state index in [0.717, 1.165) is 84.8 Å². The fraction of sp³-hybridized carbons (Fsp3) is 0.885.